The summed E-state index contributed by atoms with van der Waals surface area (Å²) in [5.74, 6) is 0.309. The summed E-state index contributed by atoms with van der Waals surface area (Å²) in [4.78, 5) is 10.5. The van der Waals surface area contributed by atoms with Gasteiger partial charge in [-0.15, -0.1) is 0 Å². The molecule has 3 nitrogen and oxygen atoms in total. The molecule has 0 unspecified atom stereocenters. The van der Waals surface area contributed by atoms with Crippen LogP contribution >= 0.6 is 0 Å². The molecule has 0 spiro atoms. The Hall–Kier alpha value is -2.03. The number of carbonyl (C=O) groups is 1. The SMILES string of the molecule is CCc1ccc(-c2ccc(CC(=O)O)o2)cc1. The zero-order valence-electron chi connectivity index (χ0n) is 9.64. The summed E-state index contributed by atoms with van der Waals surface area (Å²) >= 11 is 0. The molecule has 0 fully saturated rings. The number of aliphatic carboxylic acids is 1. The molecule has 1 N–H and O–H groups in total. The first-order chi connectivity index (χ1) is 8.19. The minimum absolute atomic E-state index is 0.0763. The molecule has 1 aromatic heterocycles. The summed E-state index contributed by atoms with van der Waals surface area (Å²) in [6, 6.07) is 11.6. The first kappa shape index (κ1) is 11.5. The van der Waals surface area contributed by atoms with E-state index in [1.54, 1.807) is 12.1 Å². The molecule has 17 heavy (non-hydrogen) atoms. The summed E-state index contributed by atoms with van der Waals surface area (Å²) in [6.45, 7) is 2.10. The Bertz CT molecular complexity index is 509. The van der Waals surface area contributed by atoms with Crippen LogP contribution < -0.4 is 0 Å². The lowest BCUT2D eigenvalue weighted by Gasteiger charge is -1.99. The standard InChI is InChI=1S/C14H14O3/c1-2-10-3-5-11(6-4-10)13-8-7-12(17-13)9-14(15)16/h3-8H,2,9H2,1H3,(H,15,16). The molecule has 0 aliphatic carbocycles. The second-order valence-electron chi connectivity index (χ2n) is 3.89. The molecular formula is C14H14O3. The van der Waals surface area contributed by atoms with Crippen molar-refractivity contribution in [3.8, 4) is 11.3 Å². The number of benzene rings is 1. The maximum atomic E-state index is 10.5. The minimum atomic E-state index is -0.882. The second-order valence-corrected chi connectivity index (χ2v) is 3.89. The van der Waals surface area contributed by atoms with E-state index in [1.807, 2.05) is 12.1 Å². The van der Waals surface area contributed by atoms with Gasteiger partial charge in [0.2, 0.25) is 0 Å². The number of hydrogen-bond donors (Lipinski definition) is 1. The number of furan rings is 1. The number of hydrogen-bond acceptors (Lipinski definition) is 2. The van der Waals surface area contributed by atoms with Crippen LogP contribution in [0.2, 0.25) is 0 Å². The van der Waals surface area contributed by atoms with Gasteiger partial charge in [-0.3, -0.25) is 4.79 Å². The van der Waals surface area contributed by atoms with Gasteiger partial charge in [-0.2, -0.15) is 0 Å². The van der Waals surface area contributed by atoms with E-state index in [4.69, 9.17) is 9.52 Å². The maximum absolute atomic E-state index is 10.5. The summed E-state index contributed by atoms with van der Waals surface area (Å²) in [5.41, 5.74) is 2.24. The highest BCUT2D eigenvalue weighted by Gasteiger charge is 2.07. The molecule has 0 saturated carbocycles. The molecule has 0 saturated heterocycles. The Balaban J connectivity index is 2.21. The van der Waals surface area contributed by atoms with Gasteiger partial charge >= 0.3 is 5.97 Å². The van der Waals surface area contributed by atoms with Crippen LogP contribution in [0.5, 0.6) is 0 Å². The Morgan fingerprint density at radius 1 is 1.18 bits per heavy atom. The lowest BCUT2D eigenvalue weighted by atomic mass is 10.1. The van der Waals surface area contributed by atoms with E-state index in [2.05, 4.69) is 19.1 Å². The van der Waals surface area contributed by atoms with E-state index in [0.29, 0.717) is 11.5 Å². The number of carboxylic acids is 1. The molecule has 0 aliphatic heterocycles. The summed E-state index contributed by atoms with van der Waals surface area (Å²) in [7, 11) is 0. The highest BCUT2D eigenvalue weighted by atomic mass is 16.4. The Morgan fingerprint density at radius 3 is 2.47 bits per heavy atom. The Kier molecular flexibility index (Phi) is 3.28. The highest BCUT2D eigenvalue weighted by Crippen LogP contribution is 2.22. The first-order valence-corrected chi connectivity index (χ1v) is 5.59. The monoisotopic (exact) mass is 230 g/mol. The predicted molar refractivity (Wildman–Crippen MR) is 64.9 cm³/mol. The molecule has 2 aromatic rings. The van der Waals surface area contributed by atoms with E-state index in [0.717, 1.165) is 12.0 Å². The molecule has 0 radical (unpaired) electrons. The quantitative estimate of drug-likeness (QED) is 0.877. The van der Waals surface area contributed by atoms with Gasteiger partial charge in [-0.1, -0.05) is 31.2 Å². The van der Waals surface area contributed by atoms with Crippen LogP contribution in [-0.2, 0) is 17.6 Å². The molecule has 1 aromatic carbocycles. The number of rotatable bonds is 4. The van der Waals surface area contributed by atoms with Crippen molar-refractivity contribution in [2.45, 2.75) is 19.8 Å². The van der Waals surface area contributed by atoms with Crippen LogP contribution in [0.15, 0.2) is 40.8 Å². The molecule has 1 heterocycles. The van der Waals surface area contributed by atoms with Crippen molar-refractivity contribution in [2.75, 3.05) is 0 Å². The van der Waals surface area contributed by atoms with Crippen molar-refractivity contribution < 1.29 is 14.3 Å². The van der Waals surface area contributed by atoms with Crippen LogP contribution in [-0.4, -0.2) is 11.1 Å². The van der Waals surface area contributed by atoms with Crippen LogP contribution in [0, 0.1) is 0 Å². The van der Waals surface area contributed by atoms with Crippen LogP contribution in [0.1, 0.15) is 18.2 Å². The number of carboxylic acid groups (broad SMARTS) is 1. The van der Waals surface area contributed by atoms with Gasteiger partial charge in [0.1, 0.15) is 17.9 Å². The van der Waals surface area contributed by atoms with Gasteiger partial charge in [-0.05, 0) is 24.1 Å². The van der Waals surface area contributed by atoms with E-state index in [-0.39, 0.29) is 6.42 Å². The van der Waals surface area contributed by atoms with Crippen LogP contribution in [0.4, 0.5) is 0 Å². The van der Waals surface area contributed by atoms with Gasteiger partial charge in [0.05, 0.1) is 0 Å². The van der Waals surface area contributed by atoms with Crippen molar-refractivity contribution in [1.29, 1.82) is 0 Å². The van der Waals surface area contributed by atoms with Crippen LogP contribution in [0.3, 0.4) is 0 Å². The molecule has 0 bridgehead atoms. The van der Waals surface area contributed by atoms with Crippen molar-refractivity contribution in [3.05, 3.63) is 47.7 Å². The molecule has 0 aliphatic rings. The lowest BCUT2D eigenvalue weighted by Crippen LogP contribution is -1.97. The fourth-order valence-corrected chi connectivity index (χ4v) is 1.68. The van der Waals surface area contributed by atoms with E-state index < -0.39 is 5.97 Å². The second kappa shape index (κ2) is 4.87. The normalized spacial score (nSPS) is 10.4. The maximum Gasteiger partial charge on any atom is 0.311 e. The van der Waals surface area contributed by atoms with Gasteiger partial charge in [0.25, 0.3) is 0 Å². The zero-order chi connectivity index (χ0) is 12.3. The van der Waals surface area contributed by atoms with Gasteiger partial charge < -0.3 is 9.52 Å². The van der Waals surface area contributed by atoms with Gasteiger partial charge in [0, 0.05) is 5.56 Å². The van der Waals surface area contributed by atoms with Crippen LogP contribution in [0.25, 0.3) is 11.3 Å². The van der Waals surface area contributed by atoms with E-state index >= 15 is 0 Å². The zero-order valence-corrected chi connectivity index (χ0v) is 9.64. The predicted octanol–water partition coefficient (Wildman–Crippen LogP) is 3.14. The van der Waals surface area contributed by atoms with Crippen molar-refractivity contribution >= 4 is 5.97 Å². The summed E-state index contributed by atoms with van der Waals surface area (Å²) < 4.78 is 5.47. The van der Waals surface area contributed by atoms with Gasteiger partial charge in [0.15, 0.2) is 0 Å². The average Bonchev–Trinajstić information content (AvgIpc) is 2.77. The molecule has 88 valence electrons. The fourth-order valence-electron chi connectivity index (χ4n) is 1.68. The smallest absolute Gasteiger partial charge is 0.311 e. The highest BCUT2D eigenvalue weighted by molar-refractivity contribution is 5.69. The molecule has 2 rings (SSSR count). The first-order valence-electron chi connectivity index (χ1n) is 5.59. The summed E-state index contributed by atoms with van der Waals surface area (Å²) in [5, 5.41) is 8.66. The molecule has 3 heteroatoms. The average molecular weight is 230 g/mol. The third kappa shape index (κ3) is 2.75. The minimum Gasteiger partial charge on any atom is -0.481 e. The largest absolute Gasteiger partial charge is 0.481 e. The van der Waals surface area contributed by atoms with Gasteiger partial charge in [-0.25, -0.2) is 0 Å². The van der Waals surface area contributed by atoms with Crippen molar-refractivity contribution in [3.63, 3.8) is 0 Å². The Morgan fingerprint density at radius 2 is 1.88 bits per heavy atom. The lowest BCUT2D eigenvalue weighted by molar-refractivity contribution is -0.136. The van der Waals surface area contributed by atoms with Crippen molar-refractivity contribution in [1.82, 2.24) is 0 Å². The topological polar surface area (TPSA) is 50.4 Å². The fraction of sp³-hybridized carbons (Fsp3) is 0.214. The van der Waals surface area contributed by atoms with Crippen molar-refractivity contribution in [2.24, 2.45) is 0 Å². The number of aryl methyl sites for hydroxylation is 1. The van der Waals surface area contributed by atoms with E-state index in [9.17, 15) is 4.79 Å². The van der Waals surface area contributed by atoms with E-state index in [1.165, 1.54) is 5.56 Å². The molecule has 0 atom stereocenters. The third-order valence-electron chi connectivity index (χ3n) is 2.63. The molecule has 0 amide bonds. The summed E-state index contributed by atoms with van der Waals surface area (Å²) in [6.07, 6.45) is 0.926. The Labute approximate surface area is 99.7 Å². The molecular weight excluding hydrogens is 216 g/mol. The third-order valence-corrected chi connectivity index (χ3v) is 2.63.